The van der Waals surface area contributed by atoms with Gasteiger partial charge in [0.2, 0.25) is 0 Å². The van der Waals surface area contributed by atoms with E-state index in [4.69, 9.17) is 0 Å². The maximum Gasteiger partial charge on any atom is 0.264 e. The van der Waals surface area contributed by atoms with Gasteiger partial charge >= 0.3 is 0 Å². The van der Waals surface area contributed by atoms with Crippen molar-refractivity contribution in [3.63, 3.8) is 0 Å². The fourth-order valence-electron chi connectivity index (χ4n) is 8.55. The Morgan fingerprint density at radius 1 is 0.574 bits per heavy atom. The first-order valence-electron chi connectivity index (χ1n) is 19.3. The average molecular weight is 726 g/mol. The van der Waals surface area contributed by atoms with Crippen LogP contribution in [-0.4, -0.2) is 40.5 Å². The smallest absolute Gasteiger partial charge is 0.264 e. The van der Waals surface area contributed by atoms with Crippen LogP contribution < -0.4 is 41.9 Å². The summed E-state index contributed by atoms with van der Waals surface area (Å²) in [6.07, 6.45) is 0. The molecule has 1 aromatic heterocycles. The van der Waals surface area contributed by atoms with Gasteiger partial charge in [0.1, 0.15) is 23.5 Å². The quantitative estimate of drug-likeness (QED) is 0.186. The van der Waals surface area contributed by atoms with Gasteiger partial charge in [-0.1, -0.05) is 109 Å². The number of phenolic OH excluding ortho intramolecular Hbond substituents is 2. The van der Waals surface area contributed by atoms with Crippen LogP contribution >= 0.6 is 11.3 Å². The number of nitrogens with zero attached hydrogens (tertiary/aromatic N) is 2. The van der Waals surface area contributed by atoms with E-state index in [1.165, 1.54) is 48.2 Å². The number of thiophene rings is 1. The Bertz CT molecular complexity index is 2510. The summed E-state index contributed by atoms with van der Waals surface area (Å²) < 4.78 is 2.60. The first-order valence-corrected chi connectivity index (χ1v) is 20.1. The van der Waals surface area contributed by atoms with Crippen LogP contribution in [0.5, 0.6) is 11.5 Å². The summed E-state index contributed by atoms with van der Waals surface area (Å²) in [5, 5.41) is 24.6. The highest BCUT2D eigenvalue weighted by atomic mass is 32.1. The Morgan fingerprint density at radius 3 is 1.74 bits per heavy atom. The first kappa shape index (κ1) is 36.5. The van der Waals surface area contributed by atoms with Gasteiger partial charge in [-0.15, -0.1) is 11.3 Å². The molecule has 0 atom stereocenters. The van der Waals surface area contributed by atoms with Crippen molar-refractivity contribution in [2.45, 2.75) is 85.5 Å². The van der Waals surface area contributed by atoms with E-state index in [0.717, 1.165) is 39.2 Å². The fraction of sp³-hybridized carbons (Fsp3) is 0.289. The fourth-order valence-corrected chi connectivity index (χ4v) is 9.85. The predicted molar refractivity (Wildman–Crippen MR) is 245 cm³/mol. The summed E-state index contributed by atoms with van der Waals surface area (Å²) in [5.74, 6) is -0.149. The zero-order valence-electron chi connectivity index (χ0n) is 34.2. The summed E-state index contributed by atoms with van der Waals surface area (Å²) in [6.45, 7) is 22.6. The number of aryl methyl sites for hydroxylation is 1. The number of hydrogen-bond acceptors (Lipinski definition) is 5. The molecule has 2 N–H and O–H groups in total. The van der Waals surface area contributed by atoms with Crippen LogP contribution in [0.4, 0.5) is 34.1 Å². The lowest BCUT2D eigenvalue weighted by atomic mass is 9.36. The van der Waals surface area contributed by atoms with Gasteiger partial charge < -0.3 is 20.0 Å². The summed E-state index contributed by atoms with van der Waals surface area (Å²) in [6, 6.07) is 27.8. The molecule has 3 heterocycles. The van der Waals surface area contributed by atoms with Gasteiger partial charge in [0, 0.05) is 37.6 Å². The van der Waals surface area contributed by atoms with Gasteiger partial charge in [0.05, 0.1) is 11.4 Å². The summed E-state index contributed by atoms with van der Waals surface area (Å²) in [4.78, 5) is 4.74. The number of aromatic hydroxyl groups is 2. The molecule has 8 rings (SSSR count). The highest BCUT2D eigenvalue weighted by molar-refractivity contribution is 7.33. The van der Waals surface area contributed by atoms with Crippen molar-refractivity contribution in [1.82, 2.24) is 0 Å². The highest BCUT2D eigenvalue weighted by Crippen LogP contribution is 2.50. The molecule has 0 radical (unpaired) electrons. The van der Waals surface area contributed by atoms with Crippen molar-refractivity contribution in [1.29, 1.82) is 0 Å². The van der Waals surface area contributed by atoms with Crippen molar-refractivity contribution < 1.29 is 10.2 Å². The lowest BCUT2D eigenvalue weighted by Gasteiger charge is -2.44. The van der Waals surface area contributed by atoms with E-state index in [0.29, 0.717) is 11.2 Å². The molecule has 9 heteroatoms. The first-order chi connectivity index (χ1) is 25.2. The van der Waals surface area contributed by atoms with Crippen LogP contribution in [0.3, 0.4) is 0 Å². The van der Waals surface area contributed by atoms with Gasteiger partial charge in [0.25, 0.3) is 6.71 Å². The van der Waals surface area contributed by atoms with Gasteiger partial charge in [-0.2, -0.15) is 0 Å². The maximum absolute atomic E-state index is 11.9. The number of hydrogen-bond donors (Lipinski definition) is 2. The molecule has 0 saturated heterocycles. The minimum atomic E-state index is -0.0853. The lowest BCUT2D eigenvalue weighted by molar-refractivity contribution is 0.408. The molecule has 0 saturated carbocycles. The van der Waals surface area contributed by atoms with Gasteiger partial charge in [0.15, 0.2) is 11.5 Å². The van der Waals surface area contributed by atoms with Gasteiger partial charge in [-0.25, -0.2) is 0 Å². The third-order valence-corrected chi connectivity index (χ3v) is 13.3. The summed E-state index contributed by atoms with van der Waals surface area (Å²) >= 11 is 1.91. The van der Waals surface area contributed by atoms with E-state index in [1.807, 2.05) is 27.0 Å². The van der Waals surface area contributed by atoms with E-state index in [9.17, 15) is 10.2 Å². The number of phenols is 2. The predicted octanol–water partition coefficient (Wildman–Crippen LogP) is 5.37. The lowest BCUT2D eigenvalue weighted by Crippen LogP contribution is -2.61. The molecular formula is C45H50B4N2O2S. The molecule has 2 aliphatic rings. The minimum Gasteiger partial charge on any atom is -0.505 e. The van der Waals surface area contributed by atoms with Crippen LogP contribution in [-0.2, 0) is 16.2 Å². The molecule has 270 valence electrons. The number of fused-ring (bicyclic) bond motifs is 6. The highest BCUT2D eigenvalue weighted by Gasteiger charge is 2.46. The second-order valence-electron chi connectivity index (χ2n) is 18.8. The topological polar surface area (TPSA) is 46.9 Å². The molecule has 2 aliphatic heterocycles. The number of benzene rings is 5. The average Bonchev–Trinajstić information content (AvgIpc) is 3.48. The molecular weight excluding hydrogens is 676 g/mol. The number of rotatable bonds is 2. The minimum absolute atomic E-state index is 0.00430. The molecule has 6 aromatic rings. The molecule has 0 bridgehead atoms. The Hall–Kier alpha value is -4.48. The monoisotopic (exact) mass is 726 g/mol. The van der Waals surface area contributed by atoms with E-state index in [-0.39, 0.29) is 34.5 Å². The van der Waals surface area contributed by atoms with Crippen molar-refractivity contribution in [2.24, 2.45) is 0 Å². The normalized spacial score (nSPS) is 14.0. The van der Waals surface area contributed by atoms with Crippen LogP contribution in [0.25, 0.3) is 10.1 Å². The van der Waals surface area contributed by atoms with E-state index >= 15 is 0 Å². The van der Waals surface area contributed by atoms with Gasteiger partial charge in [-0.3, -0.25) is 0 Å². The molecule has 54 heavy (non-hydrogen) atoms. The number of anilines is 6. The van der Waals surface area contributed by atoms with Crippen LogP contribution in [0, 0.1) is 6.92 Å². The molecule has 0 unspecified atom stereocenters. The maximum atomic E-state index is 11.9. The third-order valence-electron chi connectivity index (χ3n) is 12.0. The Balaban J connectivity index is 1.53. The molecule has 4 nitrogen and oxygen atoms in total. The summed E-state index contributed by atoms with van der Waals surface area (Å²) in [5.41, 5.74) is 16.2. The molecule has 0 amide bonds. The van der Waals surface area contributed by atoms with E-state index in [2.05, 4.69) is 160 Å². The van der Waals surface area contributed by atoms with Crippen molar-refractivity contribution in [3.05, 3.63) is 95.1 Å². The largest absolute Gasteiger partial charge is 0.505 e. The van der Waals surface area contributed by atoms with Crippen LogP contribution in [0.15, 0.2) is 72.8 Å². The van der Waals surface area contributed by atoms with E-state index in [1.54, 1.807) is 0 Å². The zero-order chi connectivity index (χ0) is 39.0. The third kappa shape index (κ3) is 5.44. The molecule has 0 fully saturated rings. The van der Waals surface area contributed by atoms with E-state index < -0.39 is 0 Å². The summed E-state index contributed by atoms with van der Waals surface area (Å²) in [7, 11) is 5.98. The SMILES string of the molecule is Bc1c(B)c(O)c(O)c(N2c3ccc(C(C)(C)C)cc3B3c4sc5ccc(C(C)(C)C)cc5c4N(c4ccc(C(C)(C)C)cc4)c4cc(C)cc2c43)c1B. The Morgan fingerprint density at radius 2 is 1.13 bits per heavy atom. The Kier molecular flexibility index (Phi) is 8.12. The second kappa shape index (κ2) is 12.0. The molecule has 0 spiro atoms. The second-order valence-corrected chi connectivity index (χ2v) is 19.9. The van der Waals surface area contributed by atoms with Crippen molar-refractivity contribution in [2.75, 3.05) is 9.80 Å². The standard InChI is InChI=1S/C45H50B4N2O2S/c1-23-19-31-37-32(20-23)51(39-35(47)34(46)36(48)40(52)41(39)53)30-17-13-26(45(8,9)10)22-29(30)49(37)42-38(28-21-25(44(5,6)7)14-18-33(28)54-42)50(31)27-15-11-24(12-16-27)43(2,3)4/h11-22,52-53H,46-48H2,1-10H3. The zero-order valence-corrected chi connectivity index (χ0v) is 35.0. The van der Waals surface area contributed by atoms with Crippen LogP contribution in [0.2, 0.25) is 0 Å². The van der Waals surface area contributed by atoms with Crippen molar-refractivity contribution in [3.8, 4) is 11.5 Å². The van der Waals surface area contributed by atoms with Crippen molar-refractivity contribution >= 4 is 118 Å². The van der Waals surface area contributed by atoms with Gasteiger partial charge in [-0.05, 0) is 98.8 Å². The molecule has 5 aromatic carbocycles. The Labute approximate surface area is 328 Å². The van der Waals surface area contributed by atoms with Crippen LogP contribution in [0.1, 0.15) is 84.6 Å². The molecule has 0 aliphatic carbocycles.